The molecule has 0 aliphatic heterocycles. The van der Waals surface area contributed by atoms with Crippen molar-refractivity contribution in [2.45, 2.75) is 32.4 Å². The smallest absolute Gasteiger partial charge is 0.270 e. The Hall–Kier alpha value is -1.43. The van der Waals surface area contributed by atoms with Gasteiger partial charge in [-0.3, -0.25) is 4.79 Å². The van der Waals surface area contributed by atoms with E-state index in [1.165, 1.54) is 16.9 Å². The highest BCUT2D eigenvalue weighted by atomic mass is 35.5. The summed E-state index contributed by atoms with van der Waals surface area (Å²) in [4.78, 5) is 16.2. The van der Waals surface area contributed by atoms with Gasteiger partial charge < -0.3 is 11.1 Å². The Balaban J connectivity index is 0.00000220. The van der Waals surface area contributed by atoms with Crippen LogP contribution in [0.4, 0.5) is 0 Å². The molecule has 3 N–H and O–H groups in total. The van der Waals surface area contributed by atoms with Crippen LogP contribution in [-0.4, -0.2) is 16.9 Å². The van der Waals surface area contributed by atoms with Crippen LogP contribution in [0.1, 0.15) is 34.4 Å². The van der Waals surface area contributed by atoms with Gasteiger partial charge in [0, 0.05) is 18.0 Å². The van der Waals surface area contributed by atoms with Crippen LogP contribution in [0.25, 0.3) is 0 Å². The van der Waals surface area contributed by atoms with Crippen LogP contribution in [0.3, 0.4) is 0 Å². The summed E-state index contributed by atoms with van der Waals surface area (Å²) in [6.07, 6.45) is 1.86. The predicted molar refractivity (Wildman–Crippen MR) is 88.9 cm³/mol. The maximum atomic E-state index is 12.0. The molecule has 0 spiro atoms. The number of nitrogens with two attached hydrogens (primary N) is 1. The van der Waals surface area contributed by atoms with Gasteiger partial charge in [0.15, 0.2) is 0 Å². The van der Waals surface area contributed by atoms with Gasteiger partial charge in [-0.25, -0.2) is 4.98 Å². The quantitative estimate of drug-likeness (QED) is 0.858. The molecule has 4 nitrogen and oxygen atoms in total. The number of thiazole rings is 1. The fourth-order valence-corrected chi connectivity index (χ4v) is 2.56. The van der Waals surface area contributed by atoms with Gasteiger partial charge in [0.1, 0.15) is 10.7 Å². The van der Waals surface area contributed by atoms with E-state index < -0.39 is 0 Å². The lowest BCUT2D eigenvalue weighted by atomic mass is 10.1. The zero-order valence-electron chi connectivity index (χ0n) is 11.9. The van der Waals surface area contributed by atoms with Crippen molar-refractivity contribution < 1.29 is 4.79 Å². The van der Waals surface area contributed by atoms with E-state index in [4.69, 9.17) is 5.73 Å². The summed E-state index contributed by atoms with van der Waals surface area (Å²) >= 11 is 1.42. The third-order valence-corrected chi connectivity index (χ3v) is 3.92. The van der Waals surface area contributed by atoms with Crippen molar-refractivity contribution in [3.63, 3.8) is 0 Å². The summed E-state index contributed by atoms with van der Waals surface area (Å²) in [6, 6.07) is 10.4. The first-order valence-electron chi connectivity index (χ1n) is 6.68. The minimum absolute atomic E-state index is 0. The van der Waals surface area contributed by atoms with Gasteiger partial charge in [0.2, 0.25) is 0 Å². The zero-order valence-corrected chi connectivity index (χ0v) is 13.5. The van der Waals surface area contributed by atoms with Gasteiger partial charge in [-0.2, -0.15) is 0 Å². The third-order valence-electron chi connectivity index (χ3n) is 3.05. The second-order valence-electron chi connectivity index (χ2n) is 4.73. The number of carbonyl (C=O) groups is 1. The number of amides is 1. The average Bonchev–Trinajstić information content (AvgIpc) is 2.95. The fraction of sp³-hybridized carbons (Fsp3) is 0.333. The Morgan fingerprint density at radius 1 is 1.38 bits per heavy atom. The largest absolute Gasteiger partial charge is 0.348 e. The minimum atomic E-state index is -0.124. The molecule has 0 fully saturated rings. The van der Waals surface area contributed by atoms with E-state index in [2.05, 4.69) is 22.4 Å². The fourth-order valence-electron chi connectivity index (χ4n) is 1.91. The molecular weight excluding hydrogens is 306 g/mol. The van der Waals surface area contributed by atoms with Crippen LogP contribution in [0.5, 0.6) is 0 Å². The van der Waals surface area contributed by atoms with Crippen molar-refractivity contribution in [2.24, 2.45) is 5.73 Å². The number of aryl methyl sites for hydroxylation is 1. The molecule has 2 aromatic rings. The van der Waals surface area contributed by atoms with Crippen LogP contribution in [0, 0.1) is 0 Å². The third kappa shape index (κ3) is 5.46. The highest BCUT2D eigenvalue weighted by molar-refractivity contribution is 7.09. The van der Waals surface area contributed by atoms with Crippen LogP contribution in [-0.2, 0) is 13.0 Å². The second kappa shape index (κ2) is 8.77. The highest BCUT2D eigenvalue weighted by Gasteiger charge is 2.13. The molecule has 1 aromatic heterocycles. The molecule has 0 radical (unpaired) electrons. The lowest BCUT2D eigenvalue weighted by Crippen LogP contribution is -2.33. The predicted octanol–water partition coefficient (Wildman–Crippen LogP) is 2.77. The van der Waals surface area contributed by atoms with E-state index in [1.54, 1.807) is 5.38 Å². The number of carbonyl (C=O) groups excluding carboxylic acids is 1. The van der Waals surface area contributed by atoms with Crippen LogP contribution in [0.15, 0.2) is 35.7 Å². The van der Waals surface area contributed by atoms with Gasteiger partial charge in [0.05, 0.1) is 0 Å². The lowest BCUT2D eigenvalue weighted by Gasteiger charge is -2.12. The van der Waals surface area contributed by atoms with E-state index in [-0.39, 0.29) is 24.4 Å². The molecule has 0 saturated heterocycles. The van der Waals surface area contributed by atoms with Gasteiger partial charge in [-0.15, -0.1) is 23.7 Å². The number of hydrogen-bond acceptors (Lipinski definition) is 4. The molecule has 6 heteroatoms. The molecular formula is C15H20ClN3OS. The van der Waals surface area contributed by atoms with Gasteiger partial charge in [-0.1, -0.05) is 30.3 Å². The number of benzene rings is 1. The topological polar surface area (TPSA) is 68.0 Å². The normalized spacial score (nSPS) is 11.5. The lowest BCUT2D eigenvalue weighted by molar-refractivity contribution is 0.0934. The van der Waals surface area contributed by atoms with Crippen molar-refractivity contribution in [1.82, 2.24) is 10.3 Å². The molecule has 1 unspecified atom stereocenters. The molecule has 0 aliphatic rings. The Bertz CT molecular complexity index is 559. The molecule has 0 aliphatic carbocycles. The number of hydrogen-bond donors (Lipinski definition) is 2. The van der Waals surface area contributed by atoms with E-state index in [0.717, 1.165) is 17.8 Å². The van der Waals surface area contributed by atoms with E-state index in [9.17, 15) is 4.79 Å². The highest BCUT2D eigenvalue weighted by Crippen LogP contribution is 2.10. The summed E-state index contributed by atoms with van der Waals surface area (Å²) in [7, 11) is 0. The van der Waals surface area contributed by atoms with Crippen molar-refractivity contribution in [3.05, 3.63) is 52.0 Å². The molecule has 1 atom stereocenters. The number of aromatic nitrogens is 1. The van der Waals surface area contributed by atoms with Crippen molar-refractivity contribution in [2.75, 3.05) is 0 Å². The summed E-state index contributed by atoms with van der Waals surface area (Å²) in [5.41, 5.74) is 7.24. The van der Waals surface area contributed by atoms with E-state index >= 15 is 0 Å². The first kappa shape index (κ1) is 17.6. The van der Waals surface area contributed by atoms with E-state index in [1.807, 2.05) is 25.1 Å². The SMILES string of the molecule is CC(CCc1ccccc1)NC(=O)c1csc(CN)n1.Cl. The molecule has 0 saturated carbocycles. The number of rotatable bonds is 6. The first-order chi connectivity index (χ1) is 9.69. The van der Waals surface area contributed by atoms with Gasteiger partial charge in [-0.05, 0) is 25.3 Å². The summed E-state index contributed by atoms with van der Waals surface area (Å²) in [6.45, 7) is 2.39. The molecule has 114 valence electrons. The van der Waals surface area contributed by atoms with E-state index in [0.29, 0.717) is 12.2 Å². The Kier molecular flexibility index (Phi) is 7.36. The number of nitrogens with zero attached hydrogens (tertiary/aromatic N) is 1. The van der Waals surface area contributed by atoms with Crippen molar-refractivity contribution >= 4 is 29.7 Å². The second-order valence-corrected chi connectivity index (χ2v) is 5.67. The van der Waals surface area contributed by atoms with Gasteiger partial charge in [0.25, 0.3) is 5.91 Å². The molecule has 1 amide bonds. The maximum Gasteiger partial charge on any atom is 0.270 e. The molecule has 1 aromatic carbocycles. The molecule has 1 heterocycles. The molecule has 21 heavy (non-hydrogen) atoms. The Labute approximate surface area is 135 Å². The molecule has 0 bridgehead atoms. The monoisotopic (exact) mass is 325 g/mol. The summed E-state index contributed by atoms with van der Waals surface area (Å²) in [5.74, 6) is -0.124. The number of nitrogens with one attached hydrogen (secondary N) is 1. The van der Waals surface area contributed by atoms with Crippen molar-refractivity contribution in [3.8, 4) is 0 Å². The standard InChI is InChI=1S/C15H19N3OS.ClH/c1-11(7-8-12-5-3-2-4-6-12)17-15(19)13-10-20-14(9-16)18-13;/h2-6,10-11H,7-9,16H2,1H3,(H,17,19);1H. The number of halogens is 1. The minimum Gasteiger partial charge on any atom is -0.348 e. The summed E-state index contributed by atoms with van der Waals surface area (Å²) < 4.78 is 0. The molecule has 2 rings (SSSR count). The zero-order chi connectivity index (χ0) is 14.4. The van der Waals surface area contributed by atoms with Crippen LogP contribution < -0.4 is 11.1 Å². The van der Waals surface area contributed by atoms with Crippen molar-refractivity contribution in [1.29, 1.82) is 0 Å². The average molecular weight is 326 g/mol. The summed E-state index contributed by atoms with van der Waals surface area (Å²) in [5, 5.41) is 5.50. The maximum absolute atomic E-state index is 12.0. The van der Waals surface area contributed by atoms with Crippen LogP contribution in [0.2, 0.25) is 0 Å². The Morgan fingerprint density at radius 3 is 2.71 bits per heavy atom. The Morgan fingerprint density at radius 2 is 2.10 bits per heavy atom. The van der Waals surface area contributed by atoms with Crippen LogP contribution >= 0.6 is 23.7 Å². The van der Waals surface area contributed by atoms with Gasteiger partial charge >= 0.3 is 0 Å². The first-order valence-corrected chi connectivity index (χ1v) is 7.56.